The standard InChI is InChI=1S/C33H45ClF2N4O2.C18H28ClN3O.C15H19F2NO2.ClH.Y/c1-20(2)40(23(5)41)22(4)26-17-29(34)21(3)15-31(26)37-11-13-38(14-12-37)32(42)28-19-39(33(6,7)8)18-27(28)25-10-9-24(35)16-30(25)36;1-12(2)22(15(5)23)14(4)16-11-17(19)13(3)10-18(16)21-8-6-20-7-9-21;1-15(2,3)18-7-11(12(8-18)14(19)20)10-5-4-9(16)6-13(10)17;;/h9-10,15-17,20,22,27-28H,11-14,18-19H2,1-8H3;10-12,14,20H,6-9H2,1-5H3;4-6,11-12H,7-8H2,1-3H3,(H,19,20);1H;/t22?,27-,28+;;11-,12+;;/m0.0../s1. The van der Waals surface area contributed by atoms with Crippen molar-refractivity contribution < 1.29 is 74.6 Å². The van der Waals surface area contributed by atoms with Gasteiger partial charge in [-0.3, -0.25) is 29.0 Å². The Morgan fingerprint density at radius 2 is 0.943 bits per heavy atom. The van der Waals surface area contributed by atoms with Gasteiger partial charge < -0.3 is 34.9 Å². The van der Waals surface area contributed by atoms with Gasteiger partial charge in [-0.05, 0) is 167 Å². The number of carbonyl (C=O) groups is 4. The molecule has 0 saturated carbocycles. The van der Waals surface area contributed by atoms with E-state index < -0.39 is 47.0 Å². The van der Waals surface area contributed by atoms with Crippen molar-refractivity contribution in [1.82, 2.24) is 29.8 Å². The molecule has 4 fully saturated rings. The maximum atomic E-state index is 14.9. The van der Waals surface area contributed by atoms with Gasteiger partial charge in [0.25, 0.3) is 0 Å². The number of hydrogen-bond acceptors (Lipinski definition) is 9. The van der Waals surface area contributed by atoms with E-state index in [2.05, 4.69) is 73.7 Å². The summed E-state index contributed by atoms with van der Waals surface area (Å²) in [6.45, 7) is 39.9. The van der Waals surface area contributed by atoms with Crippen molar-refractivity contribution >= 4 is 70.7 Å². The van der Waals surface area contributed by atoms with Crippen molar-refractivity contribution in [3.05, 3.63) is 127 Å². The van der Waals surface area contributed by atoms with Gasteiger partial charge >= 0.3 is 5.97 Å². The number of rotatable bonds is 12. The molecule has 0 spiro atoms. The molecule has 13 nitrogen and oxygen atoms in total. The molecule has 0 bridgehead atoms. The molecule has 4 saturated heterocycles. The minimum Gasteiger partial charge on any atom is -0.481 e. The number of amides is 3. The first kappa shape index (κ1) is 75.4. The van der Waals surface area contributed by atoms with E-state index in [1.54, 1.807) is 13.8 Å². The molecule has 21 heteroatoms. The van der Waals surface area contributed by atoms with E-state index in [-0.39, 0.29) is 110 Å². The van der Waals surface area contributed by atoms with Crippen molar-refractivity contribution in [3.8, 4) is 0 Å². The van der Waals surface area contributed by atoms with Crippen LogP contribution in [0.3, 0.4) is 0 Å². The molecule has 4 aliphatic rings. The Balaban J connectivity index is 0.000000304. The number of anilines is 2. The summed E-state index contributed by atoms with van der Waals surface area (Å²) in [7, 11) is 0. The number of nitrogens with one attached hydrogen (secondary N) is 1. The van der Waals surface area contributed by atoms with Crippen molar-refractivity contribution in [1.29, 1.82) is 0 Å². The van der Waals surface area contributed by atoms with Crippen molar-refractivity contribution in [2.45, 2.75) is 158 Å². The average Bonchev–Trinajstić information content (AvgIpc) is 1.95. The van der Waals surface area contributed by atoms with Crippen LogP contribution in [-0.4, -0.2) is 155 Å². The van der Waals surface area contributed by atoms with Gasteiger partial charge in [0, 0.05) is 194 Å². The molecular weight excluding hydrogens is 1260 g/mol. The van der Waals surface area contributed by atoms with Crippen LogP contribution in [-0.2, 0) is 51.9 Å². The molecule has 0 aliphatic carbocycles. The second kappa shape index (κ2) is 31.8. The minimum atomic E-state index is -0.939. The quantitative estimate of drug-likeness (QED) is 0.133. The zero-order chi connectivity index (χ0) is 63.3. The van der Waals surface area contributed by atoms with Gasteiger partial charge in [-0.2, -0.15) is 0 Å². The monoisotopic (exact) mass is 1350 g/mol. The van der Waals surface area contributed by atoms with Crippen LogP contribution in [0, 0.1) is 49.0 Å². The van der Waals surface area contributed by atoms with Gasteiger partial charge in [0.2, 0.25) is 17.7 Å². The number of carboxylic acids is 1. The summed E-state index contributed by atoms with van der Waals surface area (Å²) in [6.07, 6.45) is 0. The number of hydrogen-bond donors (Lipinski definition) is 2. The molecule has 3 amide bonds. The summed E-state index contributed by atoms with van der Waals surface area (Å²) in [6, 6.07) is 15.3. The summed E-state index contributed by atoms with van der Waals surface area (Å²) >= 11 is 13.0. The molecule has 87 heavy (non-hydrogen) atoms. The predicted molar refractivity (Wildman–Crippen MR) is 341 cm³/mol. The molecule has 4 heterocycles. The second-order valence-electron chi connectivity index (χ2n) is 26.0. The van der Waals surface area contributed by atoms with E-state index in [9.17, 15) is 41.8 Å². The summed E-state index contributed by atoms with van der Waals surface area (Å²) in [5.74, 6) is -5.26. The van der Waals surface area contributed by atoms with Crippen LogP contribution < -0.4 is 15.1 Å². The Kier molecular flexibility index (Phi) is 27.5. The molecule has 4 aliphatic heterocycles. The van der Waals surface area contributed by atoms with E-state index in [0.717, 1.165) is 71.3 Å². The summed E-state index contributed by atoms with van der Waals surface area (Å²) in [4.78, 5) is 64.6. The molecular formula is C66H93Cl3F4N8O5Y. The molecule has 4 aromatic carbocycles. The summed E-state index contributed by atoms with van der Waals surface area (Å²) in [5, 5.41) is 14.2. The first-order valence-electron chi connectivity index (χ1n) is 29.9. The molecule has 4 aromatic rings. The first-order chi connectivity index (χ1) is 39.6. The minimum absolute atomic E-state index is 0. The van der Waals surface area contributed by atoms with Crippen LogP contribution in [0.1, 0.15) is 154 Å². The number of benzene rings is 4. The normalized spacial score (nSPS) is 19.9. The van der Waals surface area contributed by atoms with Crippen LogP contribution in [0.25, 0.3) is 0 Å². The number of carboxylic acid groups (broad SMARTS) is 1. The second-order valence-corrected chi connectivity index (χ2v) is 26.8. The van der Waals surface area contributed by atoms with Crippen LogP contribution >= 0.6 is 35.6 Å². The Bertz CT molecular complexity index is 3020. The number of aryl methyl sites for hydroxylation is 2. The number of aliphatic carboxylic acids is 1. The zero-order valence-corrected chi connectivity index (χ0v) is 59.0. The molecule has 6 atom stereocenters. The summed E-state index contributed by atoms with van der Waals surface area (Å²) in [5.41, 5.74) is 6.69. The van der Waals surface area contributed by atoms with E-state index in [1.807, 2.05) is 87.1 Å². The molecule has 2 unspecified atom stereocenters. The van der Waals surface area contributed by atoms with Gasteiger partial charge in [-0.15, -0.1) is 12.4 Å². The third kappa shape index (κ3) is 18.6. The first-order valence-corrected chi connectivity index (χ1v) is 30.7. The Morgan fingerprint density at radius 3 is 1.29 bits per heavy atom. The molecule has 479 valence electrons. The van der Waals surface area contributed by atoms with E-state index >= 15 is 0 Å². The molecule has 8 rings (SSSR count). The summed E-state index contributed by atoms with van der Waals surface area (Å²) < 4.78 is 55.6. The fourth-order valence-corrected chi connectivity index (χ4v) is 13.1. The van der Waals surface area contributed by atoms with Gasteiger partial charge in [-0.25, -0.2) is 17.6 Å². The number of halogens is 7. The third-order valence-electron chi connectivity index (χ3n) is 17.5. The predicted octanol–water partition coefficient (Wildman–Crippen LogP) is 13.1. The number of piperazine rings is 2. The Morgan fingerprint density at radius 1 is 0.575 bits per heavy atom. The smallest absolute Gasteiger partial charge is 0.308 e. The Labute approximate surface area is 556 Å². The van der Waals surface area contributed by atoms with Gasteiger partial charge in [0.15, 0.2) is 0 Å². The van der Waals surface area contributed by atoms with Gasteiger partial charge in [-0.1, -0.05) is 35.3 Å². The topological polar surface area (TPSA) is 123 Å². The van der Waals surface area contributed by atoms with Crippen LogP contribution in [0.15, 0.2) is 60.7 Å². The van der Waals surface area contributed by atoms with Crippen LogP contribution in [0.2, 0.25) is 10.0 Å². The maximum absolute atomic E-state index is 14.9. The fourth-order valence-electron chi connectivity index (χ4n) is 12.8. The molecule has 2 N–H and O–H groups in total. The van der Waals surface area contributed by atoms with Crippen LogP contribution in [0.5, 0.6) is 0 Å². The fraction of sp³-hybridized carbons (Fsp3) is 0.576. The third-order valence-corrected chi connectivity index (χ3v) is 18.3. The maximum Gasteiger partial charge on any atom is 0.308 e. The van der Waals surface area contributed by atoms with Crippen molar-refractivity contribution in [3.63, 3.8) is 0 Å². The SMILES string of the molecule is CC(=O)N(C(C)C)C(C)c1cc(Cl)c(C)cc1N1CCN(C(=O)[C@@H]2CN(C(C)(C)C)C[C@H]2c2ccc(F)cc2F)CC1.CC(=O)N(C(C)C)C(C)c1cc(Cl)c(C)cc1N1CCNCC1.CC(C)(C)N1C[C@@H](C(=O)O)[C@H](c2ccc(F)cc2F)C1.Cl.[Y]. The van der Waals surface area contributed by atoms with E-state index in [1.165, 1.54) is 30.0 Å². The van der Waals surface area contributed by atoms with Crippen LogP contribution in [0.4, 0.5) is 28.9 Å². The van der Waals surface area contributed by atoms with Crippen molar-refractivity contribution in [2.75, 3.05) is 88.3 Å². The number of likely N-dealkylation sites (tertiary alicyclic amines) is 2. The van der Waals surface area contributed by atoms with E-state index in [0.29, 0.717) is 62.9 Å². The van der Waals surface area contributed by atoms with Crippen molar-refractivity contribution in [2.24, 2.45) is 11.8 Å². The zero-order valence-electron chi connectivity index (χ0n) is 53.8. The largest absolute Gasteiger partial charge is 0.481 e. The van der Waals surface area contributed by atoms with Gasteiger partial charge in [0.05, 0.1) is 23.9 Å². The number of nitrogens with zero attached hydrogens (tertiary/aromatic N) is 7. The Hall–Kier alpha value is -4.07. The van der Waals surface area contributed by atoms with E-state index in [4.69, 9.17) is 23.2 Å². The van der Waals surface area contributed by atoms with Gasteiger partial charge in [0.1, 0.15) is 23.3 Å². The number of carbonyl (C=O) groups excluding carboxylic acids is 3. The molecule has 1 radical (unpaired) electrons. The molecule has 0 aromatic heterocycles. The average molecular weight is 1350 g/mol.